The summed E-state index contributed by atoms with van der Waals surface area (Å²) in [6.45, 7) is 0. The molecule has 0 unspecified atom stereocenters. The molecule has 1 aromatic carbocycles. The molecule has 2 atom stereocenters. The van der Waals surface area contributed by atoms with Crippen molar-refractivity contribution in [2.24, 2.45) is 4.99 Å². The fourth-order valence-corrected chi connectivity index (χ4v) is 7.94. The van der Waals surface area contributed by atoms with Crippen LogP contribution in [0.5, 0.6) is 5.75 Å². The molecular weight excluding hydrogens is 404 g/mol. The minimum atomic E-state index is -3.08. The zero-order chi connectivity index (χ0) is 19.0. The Kier molecular flexibility index (Phi) is 5.00. The van der Waals surface area contributed by atoms with Gasteiger partial charge in [-0.1, -0.05) is 17.8 Å². The molecule has 142 valence electrons. The third kappa shape index (κ3) is 3.90. The smallest absolute Gasteiger partial charge is 0.253 e. The van der Waals surface area contributed by atoms with Crippen molar-refractivity contribution in [3.05, 3.63) is 46.7 Å². The number of carbonyl (C=O) groups is 1. The molecule has 2 fully saturated rings. The minimum Gasteiger partial charge on any atom is -0.497 e. The van der Waals surface area contributed by atoms with E-state index in [1.165, 1.54) is 23.1 Å². The molecule has 0 radical (unpaired) electrons. The second kappa shape index (κ2) is 7.29. The van der Waals surface area contributed by atoms with Gasteiger partial charge in [-0.2, -0.15) is 4.99 Å². The molecule has 2 saturated heterocycles. The number of fused-ring (bicyclic) bond motifs is 1. The van der Waals surface area contributed by atoms with Crippen LogP contribution in [0.25, 0.3) is 0 Å². The number of sulfone groups is 1. The van der Waals surface area contributed by atoms with E-state index in [2.05, 4.69) is 4.99 Å². The summed E-state index contributed by atoms with van der Waals surface area (Å²) in [6.07, 6.45) is 0.256. The van der Waals surface area contributed by atoms with Crippen LogP contribution >= 0.6 is 23.1 Å². The van der Waals surface area contributed by atoms with Crippen LogP contribution in [-0.2, 0) is 21.1 Å². The standard InChI is InChI=1S/C18H18N2O4S3/c1-24-13-6-4-12(5-7-13)20-15-10-27(22,23)11-16(15)26-18(20)19-17(21)9-14-3-2-8-25-14/h2-8,15-16H,9-11H2,1H3/t15-,16-/m1/s1. The van der Waals surface area contributed by atoms with E-state index in [9.17, 15) is 13.2 Å². The van der Waals surface area contributed by atoms with Gasteiger partial charge in [-0.15, -0.1) is 11.3 Å². The van der Waals surface area contributed by atoms with Crippen LogP contribution in [0.15, 0.2) is 46.8 Å². The Hall–Kier alpha value is -1.84. The van der Waals surface area contributed by atoms with Crippen LogP contribution < -0.4 is 9.64 Å². The normalized spacial score (nSPS) is 24.9. The van der Waals surface area contributed by atoms with Crippen LogP contribution in [0.3, 0.4) is 0 Å². The fourth-order valence-electron chi connectivity index (χ4n) is 3.32. The zero-order valence-electron chi connectivity index (χ0n) is 14.6. The highest BCUT2D eigenvalue weighted by Crippen LogP contribution is 2.41. The Balaban J connectivity index is 1.65. The van der Waals surface area contributed by atoms with E-state index < -0.39 is 9.84 Å². The van der Waals surface area contributed by atoms with Gasteiger partial charge in [-0.25, -0.2) is 8.42 Å². The van der Waals surface area contributed by atoms with Crippen molar-refractivity contribution in [3.8, 4) is 5.75 Å². The second-order valence-corrected chi connectivity index (χ2v) is 10.8. The van der Waals surface area contributed by atoms with Crippen LogP contribution in [0, 0.1) is 0 Å². The molecule has 0 aliphatic carbocycles. The van der Waals surface area contributed by atoms with E-state index in [0.717, 1.165) is 10.6 Å². The van der Waals surface area contributed by atoms with Gasteiger partial charge in [-0.3, -0.25) is 4.79 Å². The van der Waals surface area contributed by atoms with Gasteiger partial charge in [-0.05, 0) is 35.7 Å². The summed E-state index contributed by atoms with van der Waals surface area (Å²) in [5.41, 5.74) is 0.815. The minimum absolute atomic E-state index is 0.0782. The van der Waals surface area contributed by atoms with Gasteiger partial charge in [0.15, 0.2) is 15.0 Å². The van der Waals surface area contributed by atoms with Gasteiger partial charge < -0.3 is 9.64 Å². The zero-order valence-corrected chi connectivity index (χ0v) is 17.0. The number of hydrogen-bond donors (Lipinski definition) is 0. The highest BCUT2D eigenvalue weighted by Gasteiger charge is 2.49. The Bertz CT molecular complexity index is 969. The van der Waals surface area contributed by atoms with Crippen molar-refractivity contribution in [2.45, 2.75) is 17.7 Å². The number of methoxy groups -OCH3 is 1. The maximum Gasteiger partial charge on any atom is 0.253 e. The number of carbonyl (C=O) groups excluding carboxylic acids is 1. The quantitative estimate of drug-likeness (QED) is 0.754. The first kappa shape index (κ1) is 18.5. The Labute approximate surface area is 166 Å². The maximum absolute atomic E-state index is 12.4. The number of nitrogens with zero attached hydrogens (tertiary/aromatic N) is 2. The maximum atomic E-state index is 12.4. The van der Waals surface area contributed by atoms with Gasteiger partial charge in [0.25, 0.3) is 5.91 Å². The average Bonchev–Trinajstić information content (AvgIpc) is 3.30. The van der Waals surface area contributed by atoms with Gasteiger partial charge in [0.05, 0.1) is 31.1 Å². The first-order valence-corrected chi connectivity index (χ1v) is 12.0. The molecule has 0 spiro atoms. The molecule has 2 aliphatic rings. The van der Waals surface area contributed by atoms with E-state index in [-0.39, 0.29) is 35.1 Å². The largest absolute Gasteiger partial charge is 0.497 e. The summed E-state index contributed by atoms with van der Waals surface area (Å²) in [6, 6.07) is 11.0. The van der Waals surface area contributed by atoms with E-state index in [1.807, 2.05) is 46.7 Å². The molecule has 2 aliphatic heterocycles. The Morgan fingerprint density at radius 3 is 2.70 bits per heavy atom. The lowest BCUT2D eigenvalue weighted by atomic mass is 10.2. The molecule has 4 rings (SSSR count). The van der Waals surface area contributed by atoms with Crippen molar-refractivity contribution in [1.29, 1.82) is 0 Å². The van der Waals surface area contributed by atoms with E-state index in [0.29, 0.717) is 10.9 Å². The van der Waals surface area contributed by atoms with Crippen LogP contribution in [-0.4, -0.2) is 49.4 Å². The molecule has 1 aromatic heterocycles. The van der Waals surface area contributed by atoms with Crippen LogP contribution in [0.1, 0.15) is 4.88 Å². The van der Waals surface area contributed by atoms with Crippen molar-refractivity contribution < 1.29 is 17.9 Å². The molecule has 6 nitrogen and oxygen atoms in total. The SMILES string of the molecule is COc1ccc(N2C(=NC(=O)Cc3cccs3)S[C@@H]3CS(=O)(=O)C[C@H]32)cc1. The summed E-state index contributed by atoms with van der Waals surface area (Å²) in [5.74, 6) is 0.692. The molecule has 1 amide bonds. The first-order chi connectivity index (χ1) is 12.9. The predicted octanol–water partition coefficient (Wildman–Crippen LogP) is 2.60. The van der Waals surface area contributed by atoms with Crippen molar-refractivity contribution >= 4 is 49.7 Å². The molecule has 3 heterocycles. The molecule has 2 aromatic rings. The lowest BCUT2D eigenvalue weighted by Gasteiger charge is -2.24. The third-order valence-corrected chi connectivity index (χ3v) is 8.63. The number of thioether (sulfide) groups is 1. The summed E-state index contributed by atoms with van der Waals surface area (Å²) in [5, 5.41) is 2.40. The van der Waals surface area contributed by atoms with Gasteiger partial charge in [0, 0.05) is 15.8 Å². The number of thiophene rings is 1. The second-order valence-electron chi connectivity index (χ2n) is 6.41. The summed E-state index contributed by atoms with van der Waals surface area (Å²) < 4.78 is 29.4. The molecule has 27 heavy (non-hydrogen) atoms. The predicted molar refractivity (Wildman–Crippen MR) is 110 cm³/mol. The Morgan fingerprint density at radius 2 is 2.04 bits per heavy atom. The monoisotopic (exact) mass is 422 g/mol. The number of aliphatic imine (C=N–C) groups is 1. The lowest BCUT2D eigenvalue weighted by Crippen LogP contribution is -2.37. The number of hydrogen-bond acceptors (Lipinski definition) is 6. The Morgan fingerprint density at radius 1 is 1.26 bits per heavy atom. The molecule has 0 N–H and O–H groups in total. The number of rotatable bonds is 4. The number of amides is 1. The molecular formula is C18H18N2O4S3. The molecule has 0 bridgehead atoms. The van der Waals surface area contributed by atoms with Crippen molar-refractivity contribution in [1.82, 2.24) is 0 Å². The lowest BCUT2D eigenvalue weighted by molar-refractivity contribution is -0.117. The number of amidine groups is 1. The summed E-state index contributed by atoms with van der Waals surface area (Å²) >= 11 is 2.91. The third-order valence-electron chi connectivity index (χ3n) is 4.54. The fraction of sp³-hybridized carbons (Fsp3) is 0.333. The number of benzene rings is 1. The van der Waals surface area contributed by atoms with Gasteiger partial charge in [0.2, 0.25) is 0 Å². The first-order valence-electron chi connectivity index (χ1n) is 8.39. The van der Waals surface area contributed by atoms with Gasteiger partial charge >= 0.3 is 0 Å². The number of ether oxygens (including phenoxy) is 1. The highest BCUT2D eigenvalue weighted by atomic mass is 32.2. The highest BCUT2D eigenvalue weighted by molar-refractivity contribution is 8.16. The van der Waals surface area contributed by atoms with E-state index >= 15 is 0 Å². The molecule has 9 heteroatoms. The molecule has 0 saturated carbocycles. The van der Waals surface area contributed by atoms with Gasteiger partial charge in [0.1, 0.15) is 5.75 Å². The summed E-state index contributed by atoms with van der Waals surface area (Å²) in [7, 11) is -1.48. The summed E-state index contributed by atoms with van der Waals surface area (Å²) in [4.78, 5) is 19.6. The topological polar surface area (TPSA) is 76.0 Å². The van der Waals surface area contributed by atoms with Crippen LogP contribution in [0.2, 0.25) is 0 Å². The van der Waals surface area contributed by atoms with Crippen LogP contribution in [0.4, 0.5) is 5.69 Å². The van der Waals surface area contributed by atoms with Crippen molar-refractivity contribution in [3.63, 3.8) is 0 Å². The van der Waals surface area contributed by atoms with E-state index in [1.54, 1.807) is 7.11 Å². The van der Waals surface area contributed by atoms with Crippen molar-refractivity contribution in [2.75, 3.05) is 23.5 Å². The average molecular weight is 423 g/mol. The number of anilines is 1. The van der Waals surface area contributed by atoms with E-state index in [4.69, 9.17) is 4.74 Å².